The summed E-state index contributed by atoms with van der Waals surface area (Å²) in [6.07, 6.45) is 1.67. The topological polar surface area (TPSA) is 67.4 Å². The van der Waals surface area contributed by atoms with Crippen LogP contribution in [0.25, 0.3) is 11.3 Å². The molecule has 3 aromatic rings. The molecule has 1 saturated heterocycles. The molecule has 4 rings (SSSR count). The van der Waals surface area contributed by atoms with Gasteiger partial charge in [-0.15, -0.1) is 11.3 Å². The first-order valence-corrected chi connectivity index (χ1v) is 10.5. The summed E-state index contributed by atoms with van der Waals surface area (Å²) in [5, 5.41) is 5.51. The molecular weight excluding hydrogens is 384 g/mol. The molecule has 2 aromatic heterocycles. The number of amides is 1. The van der Waals surface area contributed by atoms with E-state index >= 15 is 0 Å². The number of pyridine rings is 1. The minimum atomic E-state index is -0.180. The van der Waals surface area contributed by atoms with Crippen LogP contribution in [0.5, 0.6) is 0 Å². The number of hydrogen-bond acceptors (Lipinski definition) is 6. The minimum absolute atomic E-state index is 0.180. The second-order valence-electron chi connectivity index (χ2n) is 7.27. The zero-order chi connectivity index (χ0) is 20.4. The average Bonchev–Trinajstić information content (AvgIpc) is 3.16. The molecule has 1 amide bonds. The van der Waals surface area contributed by atoms with Crippen molar-refractivity contribution in [2.45, 2.75) is 20.8 Å². The Bertz CT molecular complexity index is 1020. The van der Waals surface area contributed by atoms with Gasteiger partial charge in [-0.05, 0) is 44.0 Å². The third kappa shape index (κ3) is 4.31. The van der Waals surface area contributed by atoms with Crippen molar-refractivity contribution in [1.29, 1.82) is 0 Å². The van der Waals surface area contributed by atoms with E-state index in [9.17, 15) is 4.79 Å². The molecule has 3 heterocycles. The second kappa shape index (κ2) is 8.31. The number of rotatable bonds is 4. The predicted molar refractivity (Wildman–Crippen MR) is 117 cm³/mol. The molecule has 0 saturated carbocycles. The Morgan fingerprint density at radius 2 is 1.86 bits per heavy atom. The Kier molecular flexibility index (Phi) is 5.60. The molecule has 1 aromatic carbocycles. The number of nitrogens with zero attached hydrogens (tertiary/aromatic N) is 3. The maximum absolute atomic E-state index is 12.8. The molecule has 1 fully saturated rings. The molecule has 6 nitrogen and oxygen atoms in total. The van der Waals surface area contributed by atoms with Gasteiger partial charge in [-0.25, -0.2) is 9.97 Å². The minimum Gasteiger partial charge on any atom is -0.378 e. The fourth-order valence-electron chi connectivity index (χ4n) is 3.72. The van der Waals surface area contributed by atoms with Gasteiger partial charge in [0.2, 0.25) is 0 Å². The van der Waals surface area contributed by atoms with Crippen molar-refractivity contribution in [2.75, 3.05) is 36.5 Å². The predicted octanol–water partition coefficient (Wildman–Crippen LogP) is 4.22. The number of aromatic nitrogens is 2. The number of hydrogen-bond donors (Lipinski definition) is 1. The molecule has 1 aliphatic heterocycles. The van der Waals surface area contributed by atoms with Crippen molar-refractivity contribution in [3.8, 4) is 11.3 Å². The van der Waals surface area contributed by atoms with Gasteiger partial charge >= 0.3 is 0 Å². The lowest BCUT2D eigenvalue weighted by atomic mass is 9.98. The number of anilines is 2. The smallest absolute Gasteiger partial charge is 0.257 e. The molecule has 0 radical (unpaired) electrons. The largest absolute Gasteiger partial charge is 0.378 e. The van der Waals surface area contributed by atoms with Crippen LogP contribution in [-0.4, -0.2) is 42.2 Å². The van der Waals surface area contributed by atoms with Crippen molar-refractivity contribution in [3.63, 3.8) is 0 Å². The first-order chi connectivity index (χ1) is 14.0. The van der Waals surface area contributed by atoms with E-state index in [0.29, 0.717) is 23.9 Å². The van der Waals surface area contributed by atoms with E-state index in [2.05, 4.69) is 53.1 Å². The number of carbonyl (C=O) groups excluding carboxylic acids is 1. The van der Waals surface area contributed by atoms with E-state index in [4.69, 9.17) is 4.74 Å². The van der Waals surface area contributed by atoms with Gasteiger partial charge in [0.25, 0.3) is 5.91 Å². The lowest BCUT2D eigenvalue weighted by Crippen LogP contribution is -2.36. The Morgan fingerprint density at radius 1 is 1.14 bits per heavy atom. The van der Waals surface area contributed by atoms with Crippen LogP contribution >= 0.6 is 11.3 Å². The van der Waals surface area contributed by atoms with Crippen LogP contribution < -0.4 is 10.2 Å². The van der Waals surface area contributed by atoms with Gasteiger partial charge in [0.1, 0.15) is 5.82 Å². The lowest BCUT2D eigenvalue weighted by molar-refractivity contribution is 0.102. The maximum Gasteiger partial charge on any atom is 0.257 e. The van der Waals surface area contributed by atoms with Crippen LogP contribution in [0, 0.1) is 20.8 Å². The second-order valence-corrected chi connectivity index (χ2v) is 8.13. The summed E-state index contributed by atoms with van der Waals surface area (Å²) in [4.78, 5) is 23.9. The summed E-state index contributed by atoms with van der Waals surface area (Å²) in [5.74, 6) is 0.617. The van der Waals surface area contributed by atoms with Gasteiger partial charge in [-0.2, -0.15) is 0 Å². The van der Waals surface area contributed by atoms with Gasteiger partial charge in [0.05, 0.1) is 18.9 Å². The number of nitrogens with one attached hydrogen (secondary N) is 1. The van der Waals surface area contributed by atoms with Crippen molar-refractivity contribution in [1.82, 2.24) is 9.97 Å². The summed E-state index contributed by atoms with van der Waals surface area (Å²) in [7, 11) is 0. The highest BCUT2D eigenvalue weighted by Crippen LogP contribution is 2.31. The summed E-state index contributed by atoms with van der Waals surface area (Å²) in [5.41, 5.74) is 6.21. The van der Waals surface area contributed by atoms with Gasteiger partial charge in [0.15, 0.2) is 5.13 Å². The molecule has 0 atom stereocenters. The molecule has 1 N–H and O–H groups in total. The lowest BCUT2D eigenvalue weighted by Gasteiger charge is -2.27. The van der Waals surface area contributed by atoms with Crippen molar-refractivity contribution >= 4 is 28.2 Å². The fraction of sp³-hybridized carbons (Fsp3) is 0.318. The summed E-state index contributed by atoms with van der Waals surface area (Å²) < 4.78 is 5.38. The SMILES string of the molecule is Cc1cc(C)c(-c2csc(NC(=O)c3ccnc(N4CCOCC4)c3)n2)c(C)c1. The monoisotopic (exact) mass is 408 g/mol. The molecule has 7 heteroatoms. The van der Waals surface area contributed by atoms with Crippen LogP contribution in [0.15, 0.2) is 35.8 Å². The fourth-order valence-corrected chi connectivity index (χ4v) is 4.42. The van der Waals surface area contributed by atoms with Gasteiger partial charge < -0.3 is 9.64 Å². The van der Waals surface area contributed by atoms with E-state index in [-0.39, 0.29) is 5.91 Å². The number of morpholine rings is 1. The Hall–Kier alpha value is -2.77. The van der Waals surface area contributed by atoms with Gasteiger partial charge in [-0.1, -0.05) is 17.7 Å². The molecule has 1 aliphatic rings. The molecular formula is C22H24N4O2S. The molecule has 150 valence electrons. The van der Waals surface area contributed by atoms with Crippen LogP contribution in [0.1, 0.15) is 27.0 Å². The van der Waals surface area contributed by atoms with E-state index in [1.807, 2.05) is 11.4 Å². The van der Waals surface area contributed by atoms with Crippen LogP contribution in [-0.2, 0) is 4.74 Å². The maximum atomic E-state index is 12.8. The van der Waals surface area contributed by atoms with E-state index in [1.54, 1.807) is 12.3 Å². The molecule has 0 unspecified atom stereocenters. The normalized spacial score (nSPS) is 14.1. The number of ether oxygens (including phenoxy) is 1. The molecule has 0 spiro atoms. The van der Waals surface area contributed by atoms with Crippen molar-refractivity contribution in [2.24, 2.45) is 0 Å². The summed E-state index contributed by atoms with van der Waals surface area (Å²) >= 11 is 1.44. The molecule has 0 aliphatic carbocycles. The standard InChI is InChI=1S/C22H24N4O2S/c1-14-10-15(2)20(16(3)11-14)18-13-29-22(24-18)25-21(27)17-4-5-23-19(12-17)26-6-8-28-9-7-26/h4-5,10-13H,6-9H2,1-3H3,(H,24,25,27). The Morgan fingerprint density at radius 3 is 2.59 bits per heavy atom. The highest BCUT2D eigenvalue weighted by Gasteiger charge is 2.16. The van der Waals surface area contributed by atoms with Crippen LogP contribution in [0.3, 0.4) is 0 Å². The first-order valence-electron chi connectivity index (χ1n) is 9.65. The summed E-state index contributed by atoms with van der Waals surface area (Å²) in [6.45, 7) is 9.20. The van der Waals surface area contributed by atoms with Crippen molar-refractivity contribution < 1.29 is 9.53 Å². The first kappa shape index (κ1) is 19.5. The van der Waals surface area contributed by atoms with Crippen LogP contribution in [0.2, 0.25) is 0 Å². The quantitative estimate of drug-likeness (QED) is 0.700. The number of thiazole rings is 1. The highest BCUT2D eigenvalue weighted by atomic mass is 32.1. The highest BCUT2D eigenvalue weighted by molar-refractivity contribution is 7.14. The Labute approximate surface area is 174 Å². The molecule has 0 bridgehead atoms. The number of aryl methyl sites for hydroxylation is 3. The van der Waals surface area contributed by atoms with Crippen molar-refractivity contribution in [3.05, 3.63) is 58.1 Å². The van der Waals surface area contributed by atoms with Gasteiger partial charge in [0, 0.05) is 35.8 Å². The Balaban J connectivity index is 1.51. The number of benzene rings is 1. The van der Waals surface area contributed by atoms with E-state index in [0.717, 1.165) is 30.2 Å². The number of carbonyl (C=O) groups is 1. The third-order valence-electron chi connectivity index (χ3n) is 5.00. The third-order valence-corrected chi connectivity index (χ3v) is 5.76. The zero-order valence-electron chi connectivity index (χ0n) is 16.9. The zero-order valence-corrected chi connectivity index (χ0v) is 17.7. The van der Waals surface area contributed by atoms with Crippen LogP contribution in [0.4, 0.5) is 10.9 Å². The summed E-state index contributed by atoms with van der Waals surface area (Å²) in [6, 6.07) is 7.86. The van der Waals surface area contributed by atoms with E-state index < -0.39 is 0 Å². The van der Waals surface area contributed by atoms with E-state index in [1.165, 1.54) is 28.0 Å². The van der Waals surface area contributed by atoms with Gasteiger partial charge in [-0.3, -0.25) is 10.1 Å². The molecule has 29 heavy (non-hydrogen) atoms. The average molecular weight is 409 g/mol.